The second-order valence-corrected chi connectivity index (χ2v) is 7.73. The Balaban J connectivity index is 1.51. The topological polar surface area (TPSA) is 97.6 Å². The predicted octanol–water partition coefficient (Wildman–Crippen LogP) is 5.02. The molecule has 32 heavy (non-hydrogen) atoms. The number of hydrogen-bond acceptors (Lipinski definition) is 6. The fourth-order valence-corrected chi connectivity index (χ4v) is 4.17. The third-order valence-corrected chi connectivity index (χ3v) is 5.74. The van der Waals surface area contributed by atoms with E-state index in [9.17, 15) is 10.1 Å². The van der Waals surface area contributed by atoms with Gasteiger partial charge in [-0.1, -0.05) is 6.07 Å². The molecule has 1 aliphatic heterocycles. The van der Waals surface area contributed by atoms with Gasteiger partial charge in [0.05, 0.1) is 29.5 Å². The molecular weight excluding hydrogens is 428 g/mol. The van der Waals surface area contributed by atoms with Crippen molar-refractivity contribution >= 4 is 23.0 Å². The third-order valence-electron chi connectivity index (χ3n) is 5.38. The molecule has 0 spiro atoms. The van der Waals surface area contributed by atoms with Gasteiger partial charge in [-0.25, -0.2) is 0 Å². The Hall–Kier alpha value is -3.98. The van der Waals surface area contributed by atoms with E-state index >= 15 is 0 Å². The summed E-state index contributed by atoms with van der Waals surface area (Å²) in [5.74, 6) is 2.10. The normalized spacial score (nSPS) is 18.0. The first kappa shape index (κ1) is 20.0. The Morgan fingerprint density at radius 1 is 1.09 bits per heavy atom. The van der Waals surface area contributed by atoms with Gasteiger partial charge in [-0.3, -0.25) is 15.1 Å². The summed E-state index contributed by atoms with van der Waals surface area (Å²) in [6.07, 6.45) is 3.38. The molecule has 5 rings (SSSR count). The monoisotopic (exact) mass is 446 g/mol. The maximum atomic E-state index is 10.9. The van der Waals surface area contributed by atoms with Crippen LogP contribution in [0.1, 0.15) is 29.3 Å². The molecule has 0 aliphatic carbocycles. The highest BCUT2D eigenvalue weighted by Gasteiger charge is 2.42. The van der Waals surface area contributed by atoms with Crippen LogP contribution in [0.3, 0.4) is 0 Å². The number of rotatable bonds is 6. The van der Waals surface area contributed by atoms with Crippen LogP contribution in [-0.4, -0.2) is 19.9 Å². The van der Waals surface area contributed by atoms with E-state index in [1.165, 1.54) is 12.1 Å². The van der Waals surface area contributed by atoms with Gasteiger partial charge in [0.1, 0.15) is 23.3 Å². The smallest absolute Gasteiger partial charge is 0.269 e. The molecule has 2 atom stereocenters. The number of thiocarbonyl (C=S) groups is 1. The van der Waals surface area contributed by atoms with Crippen LogP contribution in [0.25, 0.3) is 11.3 Å². The lowest BCUT2D eigenvalue weighted by atomic mass is 10.0. The van der Waals surface area contributed by atoms with Gasteiger partial charge in [0, 0.05) is 23.9 Å². The highest BCUT2D eigenvalue weighted by molar-refractivity contribution is 7.80. The Morgan fingerprint density at radius 3 is 2.62 bits per heavy atom. The minimum atomic E-state index is -0.424. The van der Waals surface area contributed by atoms with Crippen LogP contribution in [0.2, 0.25) is 0 Å². The number of pyridine rings is 1. The van der Waals surface area contributed by atoms with E-state index in [2.05, 4.69) is 10.3 Å². The van der Waals surface area contributed by atoms with E-state index in [1.807, 2.05) is 47.4 Å². The molecule has 8 nitrogen and oxygen atoms in total. The van der Waals surface area contributed by atoms with Gasteiger partial charge in [-0.2, -0.15) is 0 Å². The molecule has 4 aromatic rings. The first-order valence-corrected chi connectivity index (χ1v) is 10.4. The molecule has 0 amide bonds. The summed E-state index contributed by atoms with van der Waals surface area (Å²) in [5, 5.41) is 14.9. The van der Waals surface area contributed by atoms with E-state index in [1.54, 1.807) is 24.6 Å². The van der Waals surface area contributed by atoms with Gasteiger partial charge < -0.3 is 19.1 Å². The lowest BCUT2D eigenvalue weighted by molar-refractivity contribution is -0.384. The highest BCUT2D eigenvalue weighted by Crippen LogP contribution is 2.41. The van der Waals surface area contributed by atoms with E-state index in [4.69, 9.17) is 21.1 Å². The summed E-state index contributed by atoms with van der Waals surface area (Å²) < 4.78 is 11.8. The second kappa shape index (κ2) is 8.27. The minimum absolute atomic E-state index is 0.0331. The van der Waals surface area contributed by atoms with Gasteiger partial charge in [-0.15, -0.1) is 0 Å². The van der Waals surface area contributed by atoms with Crippen molar-refractivity contribution in [2.75, 3.05) is 0 Å². The standard InChI is InChI=1S/C23H18N4O4S/c28-27(29)16-8-6-15(7-9-16)19-10-11-20(31-19)22-21(18-5-1-2-12-24-18)25-23(32)26(22)14-17-4-3-13-30-17/h1-13,21-22H,14H2,(H,25,32)/t21-,22+/m0/s1. The van der Waals surface area contributed by atoms with Gasteiger partial charge >= 0.3 is 0 Å². The van der Waals surface area contributed by atoms with Crippen LogP contribution in [0, 0.1) is 10.1 Å². The Morgan fingerprint density at radius 2 is 1.94 bits per heavy atom. The van der Waals surface area contributed by atoms with E-state index in [0.29, 0.717) is 23.2 Å². The zero-order chi connectivity index (χ0) is 22.1. The van der Waals surface area contributed by atoms with Crippen molar-refractivity contribution < 1.29 is 13.8 Å². The minimum Gasteiger partial charge on any atom is -0.467 e. The number of non-ortho nitro benzene ring substituents is 1. The number of nitro groups is 1. The Kier molecular flexibility index (Phi) is 5.16. The van der Waals surface area contributed by atoms with Crippen molar-refractivity contribution in [2.24, 2.45) is 0 Å². The van der Waals surface area contributed by atoms with Crippen LogP contribution >= 0.6 is 12.2 Å². The van der Waals surface area contributed by atoms with E-state index in [0.717, 1.165) is 17.0 Å². The van der Waals surface area contributed by atoms with Crippen molar-refractivity contribution in [3.05, 3.63) is 107 Å². The zero-order valence-electron chi connectivity index (χ0n) is 16.8. The van der Waals surface area contributed by atoms with Crippen LogP contribution in [-0.2, 0) is 6.54 Å². The molecule has 1 N–H and O–H groups in total. The molecule has 0 saturated carbocycles. The fraction of sp³-hybridized carbons (Fsp3) is 0.130. The maximum absolute atomic E-state index is 10.9. The number of aromatic nitrogens is 1. The number of hydrogen-bond donors (Lipinski definition) is 1. The van der Waals surface area contributed by atoms with Crippen molar-refractivity contribution in [3.8, 4) is 11.3 Å². The molecule has 1 saturated heterocycles. The average molecular weight is 446 g/mol. The summed E-state index contributed by atoms with van der Waals surface area (Å²) in [7, 11) is 0. The Labute approximate surface area is 188 Å². The molecule has 160 valence electrons. The average Bonchev–Trinajstić information content (AvgIpc) is 3.56. The molecule has 1 aliphatic rings. The largest absolute Gasteiger partial charge is 0.467 e. The fourth-order valence-electron chi connectivity index (χ4n) is 3.87. The molecule has 3 aromatic heterocycles. The predicted molar refractivity (Wildman–Crippen MR) is 121 cm³/mol. The zero-order valence-corrected chi connectivity index (χ0v) is 17.6. The number of benzene rings is 1. The van der Waals surface area contributed by atoms with E-state index in [-0.39, 0.29) is 17.8 Å². The molecule has 1 fully saturated rings. The number of nitrogens with one attached hydrogen (secondary N) is 1. The first-order valence-electron chi connectivity index (χ1n) is 9.95. The molecule has 0 unspecified atom stereocenters. The van der Waals surface area contributed by atoms with Gasteiger partial charge in [0.2, 0.25) is 0 Å². The molecule has 0 radical (unpaired) electrons. The van der Waals surface area contributed by atoms with Crippen LogP contribution in [0.4, 0.5) is 5.69 Å². The number of nitro benzene ring substituents is 1. The SMILES string of the molecule is O=[N+]([O-])c1ccc(-c2ccc([C@@H]3[C@H](c4ccccn4)NC(=S)N3Cc3ccco3)o2)cc1. The third kappa shape index (κ3) is 3.74. The quantitative estimate of drug-likeness (QED) is 0.251. The lowest BCUT2D eigenvalue weighted by Crippen LogP contribution is -2.28. The summed E-state index contributed by atoms with van der Waals surface area (Å²) >= 11 is 5.65. The maximum Gasteiger partial charge on any atom is 0.269 e. The molecule has 4 heterocycles. The van der Waals surface area contributed by atoms with Crippen molar-refractivity contribution in [1.82, 2.24) is 15.2 Å². The van der Waals surface area contributed by atoms with Gasteiger partial charge in [0.15, 0.2) is 5.11 Å². The van der Waals surface area contributed by atoms with Crippen molar-refractivity contribution in [2.45, 2.75) is 18.6 Å². The van der Waals surface area contributed by atoms with Gasteiger partial charge in [-0.05, 0) is 60.7 Å². The summed E-state index contributed by atoms with van der Waals surface area (Å²) in [6, 6.07) is 19.1. The molecule has 9 heteroatoms. The molecule has 0 bridgehead atoms. The summed E-state index contributed by atoms with van der Waals surface area (Å²) in [6.45, 7) is 0.473. The van der Waals surface area contributed by atoms with Crippen molar-refractivity contribution in [1.29, 1.82) is 0 Å². The van der Waals surface area contributed by atoms with Crippen molar-refractivity contribution in [3.63, 3.8) is 0 Å². The lowest BCUT2D eigenvalue weighted by Gasteiger charge is -2.25. The van der Waals surface area contributed by atoms with Crippen LogP contribution in [0.15, 0.2) is 88.0 Å². The highest BCUT2D eigenvalue weighted by atomic mass is 32.1. The molecule has 1 aromatic carbocycles. The van der Waals surface area contributed by atoms with E-state index < -0.39 is 4.92 Å². The molecular formula is C23H18N4O4S. The van der Waals surface area contributed by atoms with Crippen LogP contribution in [0.5, 0.6) is 0 Å². The number of nitrogens with zero attached hydrogens (tertiary/aromatic N) is 3. The number of furan rings is 2. The van der Waals surface area contributed by atoms with Gasteiger partial charge in [0.25, 0.3) is 5.69 Å². The second-order valence-electron chi connectivity index (χ2n) is 7.34. The summed E-state index contributed by atoms with van der Waals surface area (Å²) in [5.41, 5.74) is 1.63. The van der Waals surface area contributed by atoms with Crippen LogP contribution < -0.4 is 5.32 Å². The summed E-state index contributed by atoms with van der Waals surface area (Å²) in [4.78, 5) is 17.1. The Bertz CT molecular complexity index is 1240. The first-order chi connectivity index (χ1) is 15.6.